The zero-order valence-electron chi connectivity index (χ0n) is 13.0. The number of nitrogens with one attached hydrogen (secondary N) is 1. The van der Waals surface area contributed by atoms with Crippen LogP contribution in [0.4, 0.5) is 5.82 Å². The van der Waals surface area contributed by atoms with Crippen LogP contribution in [0.1, 0.15) is 16.0 Å². The molecule has 0 radical (unpaired) electrons. The molecule has 1 aromatic carbocycles. The molecule has 0 saturated heterocycles. The number of phenols is 1. The van der Waals surface area contributed by atoms with Crippen molar-refractivity contribution >= 4 is 33.6 Å². The Kier molecular flexibility index (Phi) is 4.12. The molecule has 6 nitrogen and oxygen atoms in total. The smallest absolute Gasteiger partial charge is 0.166 e. The van der Waals surface area contributed by atoms with Gasteiger partial charge in [0.25, 0.3) is 0 Å². The monoisotopic (exact) mass is 328 g/mol. The highest BCUT2D eigenvalue weighted by Crippen LogP contribution is 2.32. The molecule has 0 unspecified atom stereocenters. The van der Waals surface area contributed by atoms with Crippen molar-refractivity contribution in [2.75, 3.05) is 12.5 Å². The molecular weight excluding hydrogens is 312 g/mol. The van der Waals surface area contributed by atoms with Gasteiger partial charge in [0, 0.05) is 10.4 Å². The number of hydrogen-bond acceptors (Lipinski definition) is 7. The lowest BCUT2D eigenvalue weighted by atomic mass is 10.2. The molecule has 2 aromatic heterocycles. The molecule has 3 aromatic rings. The number of hydrogen-bond donors (Lipinski definition) is 2. The normalized spacial score (nSPS) is 11.3. The van der Waals surface area contributed by atoms with E-state index in [4.69, 9.17) is 4.74 Å². The van der Waals surface area contributed by atoms with Crippen molar-refractivity contribution in [2.45, 2.75) is 13.8 Å². The maximum Gasteiger partial charge on any atom is 0.166 e. The molecule has 0 aliphatic rings. The summed E-state index contributed by atoms with van der Waals surface area (Å²) in [5.41, 5.74) is 4.63. The lowest BCUT2D eigenvalue weighted by Gasteiger charge is -2.05. The highest BCUT2D eigenvalue weighted by molar-refractivity contribution is 7.18. The van der Waals surface area contributed by atoms with E-state index in [1.165, 1.54) is 24.5 Å². The van der Waals surface area contributed by atoms with Gasteiger partial charge in [0.1, 0.15) is 11.2 Å². The van der Waals surface area contributed by atoms with Crippen molar-refractivity contribution in [1.29, 1.82) is 0 Å². The van der Waals surface area contributed by atoms with Crippen LogP contribution in [0.25, 0.3) is 10.2 Å². The molecule has 7 heteroatoms. The van der Waals surface area contributed by atoms with Crippen LogP contribution in [0.15, 0.2) is 29.6 Å². The van der Waals surface area contributed by atoms with Crippen molar-refractivity contribution in [3.8, 4) is 11.5 Å². The molecule has 118 valence electrons. The van der Waals surface area contributed by atoms with Crippen LogP contribution in [0, 0.1) is 13.8 Å². The van der Waals surface area contributed by atoms with Gasteiger partial charge in [-0.25, -0.2) is 9.97 Å². The molecular formula is C16H16N4O2S. The fourth-order valence-corrected chi connectivity index (χ4v) is 3.24. The lowest BCUT2D eigenvalue weighted by Crippen LogP contribution is -1.96. The summed E-state index contributed by atoms with van der Waals surface area (Å²) in [5, 5.41) is 15.2. The van der Waals surface area contributed by atoms with E-state index in [-0.39, 0.29) is 5.75 Å². The Balaban J connectivity index is 1.89. The van der Waals surface area contributed by atoms with Gasteiger partial charge in [-0.2, -0.15) is 5.10 Å². The second-order valence-electron chi connectivity index (χ2n) is 4.95. The number of aromatic hydroxyl groups is 1. The molecule has 3 rings (SSSR count). The van der Waals surface area contributed by atoms with E-state index < -0.39 is 0 Å². The third-order valence-electron chi connectivity index (χ3n) is 3.59. The number of hydrazone groups is 1. The number of thiophene rings is 1. The van der Waals surface area contributed by atoms with E-state index >= 15 is 0 Å². The predicted molar refractivity (Wildman–Crippen MR) is 92.8 cm³/mol. The lowest BCUT2D eigenvalue weighted by molar-refractivity contribution is 0.373. The quantitative estimate of drug-likeness (QED) is 0.566. The highest BCUT2D eigenvalue weighted by Gasteiger charge is 2.11. The summed E-state index contributed by atoms with van der Waals surface area (Å²) < 4.78 is 5.08. The second kappa shape index (κ2) is 6.21. The van der Waals surface area contributed by atoms with Crippen molar-refractivity contribution in [2.24, 2.45) is 5.10 Å². The number of anilines is 1. The second-order valence-corrected chi connectivity index (χ2v) is 6.16. The van der Waals surface area contributed by atoms with Crippen molar-refractivity contribution in [3.05, 3.63) is 40.5 Å². The number of nitrogens with zero attached hydrogens (tertiary/aromatic N) is 3. The molecule has 2 heterocycles. The van der Waals surface area contributed by atoms with Gasteiger partial charge in [-0.15, -0.1) is 11.3 Å². The van der Waals surface area contributed by atoms with Crippen LogP contribution >= 0.6 is 11.3 Å². The first-order valence-electron chi connectivity index (χ1n) is 6.97. The Morgan fingerprint density at radius 1 is 1.30 bits per heavy atom. The number of benzene rings is 1. The fraction of sp³-hybridized carbons (Fsp3) is 0.188. The van der Waals surface area contributed by atoms with Gasteiger partial charge in [-0.05, 0) is 31.5 Å². The Morgan fingerprint density at radius 2 is 2.13 bits per heavy atom. The number of aromatic nitrogens is 2. The fourth-order valence-electron chi connectivity index (χ4n) is 2.24. The van der Waals surface area contributed by atoms with Gasteiger partial charge in [0.2, 0.25) is 0 Å². The van der Waals surface area contributed by atoms with Crippen LogP contribution in [-0.2, 0) is 0 Å². The Bertz CT molecular complexity index is 889. The summed E-state index contributed by atoms with van der Waals surface area (Å²) in [6.45, 7) is 4.10. The van der Waals surface area contributed by atoms with E-state index in [1.54, 1.807) is 29.5 Å². The SMILES string of the molecule is COc1cccc(/C=N/Nc2ncnc3sc(C)c(C)c23)c1O. The number of ether oxygens (including phenoxy) is 1. The number of rotatable bonds is 4. The maximum absolute atomic E-state index is 10.0. The summed E-state index contributed by atoms with van der Waals surface area (Å²) in [5.74, 6) is 1.11. The first-order valence-corrected chi connectivity index (χ1v) is 7.79. The van der Waals surface area contributed by atoms with Gasteiger partial charge in [-0.1, -0.05) is 6.07 Å². The molecule has 0 spiro atoms. The maximum atomic E-state index is 10.0. The minimum absolute atomic E-state index is 0.0518. The molecule has 0 aliphatic carbocycles. The van der Waals surface area contributed by atoms with Gasteiger partial charge in [0.15, 0.2) is 17.3 Å². The standard InChI is InChI=1S/C16H16N4O2S/c1-9-10(2)23-16-13(9)15(17-8-18-16)20-19-7-11-5-4-6-12(22-3)14(11)21/h4-8,21H,1-3H3,(H,17,18,20)/b19-7+. The van der Waals surface area contributed by atoms with Crippen LogP contribution in [0.2, 0.25) is 0 Å². The molecule has 0 bridgehead atoms. The number of para-hydroxylation sites is 1. The van der Waals surface area contributed by atoms with Crippen LogP contribution < -0.4 is 10.2 Å². The average molecular weight is 328 g/mol. The third-order valence-corrected chi connectivity index (χ3v) is 4.70. The minimum atomic E-state index is 0.0518. The number of phenolic OH excluding ortho intramolecular Hbond substituents is 1. The summed E-state index contributed by atoms with van der Waals surface area (Å²) in [6, 6.07) is 5.22. The van der Waals surface area contributed by atoms with E-state index in [9.17, 15) is 5.11 Å². The summed E-state index contributed by atoms with van der Waals surface area (Å²) in [6.07, 6.45) is 3.04. The van der Waals surface area contributed by atoms with Crippen LogP contribution in [0.3, 0.4) is 0 Å². The predicted octanol–water partition coefficient (Wildman–Crippen LogP) is 3.47. The Hall–Kier alpha value is -2.67. The van der Waals surface area contributed by atoms with Crippen LogP contribution in [0.5, 0.6) is 11.5 Å². The topological polar surface area (TPSA) is 79.6 Å². The Labute approximate surface area is 137 Å². The zero-order chi connectivity index (χ0) is 16.4. The number of methoxy groups -OCH3 is 1. The van der Waals surface area contributed by atoms with E-state index in [0.29, 0.717) is 17.1 Å². The van der Waals surface area contributed by atoms with Crippen molar-refractivity contribution in [3.63, 3.8) is 0 Å². The number of fused-ring (bicyclic) bond motifs is 1. The molecule has 0 saturated carbocycles. The van der Waals surface area contributed by atoms with Gasteiger partial charge >= 0.3 is 0 Å². The third kappa shape index (κ3) is 2.83. The largest absolute Gasteiger partial charge is 0.504 e. The van der Waals surface area contributed by atoms with E-state index in [1.807, 2.05) is 6.92 Å². The van der Waals surface area contributed by atoms with Crippen LogP contribution in [-0.4, -0.2) is 28.4 Å². The highest BCUT2D eigenvalue weighted by atomic mass is 32.1. The molecule has 0 aliphatic heterocycles. The number of aryl methyl sites for hydroxylation is 2. The summed E-state index contributed by atoms with van der Waals surface area (Å²) in [4.78, 5) is 10.7. The first-order chi connectivity index (χ1) is 11.1. The average Bonchev–Trinajstić information content (AvgIpc) is 2.84. The van der Waals surface area contributed by atoms with Crippen molar-refractivity contribution < 1.29 is 9.84 Å². The molecule has 0 atom stereocenters. The van der Waals surface area contributed by atoms with Gasteiger partial charge < -0.3 is 9.84 Å². The van der Waals surface area contributed by atoms with E-state index in [2.05, 4.69) is 27.4 Å². The van der Waals surface area contributed by atoms with Gasteiger partial charge in [0.05, 0.1) is 18.7 Å². The summed E-state index contributed by atoms with van der Waals surface area (Å²) >= 11 is 1.63. The minimum Gasteiger partial charge on any atom is -0.504 e. The van der Waals surface area contributed by atoms with E-state index in [0.717, 1.165) is 15.8 Å². The molecule has 0 fully saturated rings. The Morgan fingerprint density at radius 3 is 2.91 bits per heavy atom. The first kappa shape index (κ1) is 15.2. The van der Waals surface area contributed by atoms with Gasteiger partial charge in [-0.3, -0.25) is 5.43 Å². The summed E-state index contributed by atoms with van der Waals surface area (Å²) in [7, 11) is 1.51. The molecule has 2 N–H and O–H groups in total. The molecule has 23 heavy (non-hydrogen) atoms. The zero-order valence-corrected chi connectivity index (χ0v) is 13.8. The molecule has 0 amide bonds. The van der Waals surface area contributed by atoms with Crippen molar-refractivity contribution in [1.82, 2.24) is 9.97 Å².